The average molecular weight is 248 g/mol. The Morgan fingerprint density at radius 3 is 2.56 bits per heavy atom. The van der Waals surface area contributed by atoms with Crippen LogP contribution in [-0.2, 0) is 0 Å². The summed E-state index contributed by atoms with van der Waals surface area (Å²) in [5, 5.41) is 6.79. The monoisotopic (exact) mass is 248 g/mol. The second-order valence-electron chi connectivity index (χ2n) is 5.12. The zero-order chi connectivity index (χ0) is 12.8. The van der Waals surface area contributed by atoms with Crippen molar-refractivity contribution >= 4 is 11.4 Å². The summed E-state index contributed by atoms with van der Waals surface area (Å²) in [7, 11) is 2.20. The number of anilines is 2. The van der Waals surface area contributed by atoms with Crippen LogP contribution >= 0.6 is 0 Å². The second kappa shape index (κ2) is 6.59. The molecule has 1 aromatic heterocycles. The van der Waals surface area contributed by atoms with Crippen LogP contribution in [0.15, 0.2) is 18.5 Å². The maximum Gasteiger partial charge on any atom is 0.0547 e. The van der Waals surface area contributed by atoms with E-state index in [0.717, 1.165) is 30.4 Å². The lowest BCUT2D eigenvalue weighted by Gasteiger charge is -2.29. The summed E-state index contributed by atoms with van der Waals surface area (Å²) in [4.78, 5) is 6.65. The molecular formula is C14H24N4. The number of piperidine rings is 1. The number of rotatable bonds is 5. The molecule has 0 amide bonds. The Kier molecular flexibility index (Phi) is 4.81. The topological polar surface area (TPSA) is 40.2 Å². The summed E-state index contributed by atoms with van der Waals surface area (Å²) in [6.07, 6.45) is 6.35. The smallest absolute Gasteiger partial charge is 0.0547 e. The molecule has 0 atom stereocenters. The molecule has 1 aliphatic rings. The van der Waals surface area contributed by atoms with Crippen LogP contribution in [0.25, 0.3) is 0 Å². The molecule has 0 saturated carbocycles. The quantitative estimate of drug-likeness (QED) is 0.838. The first-order valence-electron chi connectivity index (χ1n) is 6.89. The van der Waals surface area contributed by atoms with E-state index in [9.17, 15) is 0 Å². The van der Waals surface area contributed by atoms with E-state index in [1.807, 2.05) is 12.4 Å². The molecule has 1 aromatic rings. The van der Waals surface area contributed by atoms with Gasteiger partial charge in [-0.05, 0) is 51.9 Å². The normalized spacial score (nSPS) is 17.7. The van der Waals surface area contributed by atoms with Gasteiger partial charge in [-0.2, -0.15) is 0 Å². The molecule has 4 nitrogen and oxygen atoms in total. The molecule has 2 N–H and O–H groups in total. The van der Waals surface area contributed by atoms with Crippen LogP contribution in [0.4, 0.5) is 11.4 Å². The highest BCUT2D eigenvalue weighted by Crippen LogP contribution is 2.18. The molecule has 0 aliphatic carbocycles. The Balaban J connectivity index is 1.80. The number of hydrogen-bond acceptors (Lipinski definition) is 4. The Morgan fingerprint density at radius 1 is 1.22 bits per heavy atom. The largest absolute Gasteiger partial charge is 0.384 e. The molecule has 0 aromatic carbocycles. The van der Waals surface area contributed by atoms with Crippen LogP contribution in [0, 0.1) is 5.92 Å². The molecule has 0 bridgehead atoms. The van der Waals surface area contributed by atoms with E-state index in [1.165, 1.54) is 25.9 Å². The first-order chi connectivity index (χ1) is 8.78. The summed E-state index contributed by atoms with van der Waals surface area (Å²) < 4.78 is 0. The molecule has 1 saturated heterocycles. The van der Waals surface area contributed by atoms with Gasteiger partial charge in [0.05, 0.1) is 23.8 Å². The van der Waals surface area contributed by atoms with Crippen LogP contribution in [-0.4, -0.2) is 43.1 Å². The molecule has 0 spiro atoms. The number of nitrogens with zero attached hydrogens (tertiary/aromatic N) is 2. The van der Waals surface area contributed by atoms with Gasteiger partial charge in [-0.3, -0.25) is 4.98 Å². The van der Waals surface area contributed by atoms with Crippen molar-refractivity contribution in [3.63, 3.8) is 0 Å². The van der Waals surface area contributed by atoms with E-state index in [-0.39, 0.29) is 0 Å². The van der Waals surface area contributed by atoms with E-state index < -0.39 is 0 Å². The van der Waals surface area contributed by atoms with Crippen LogP contribution in [0.5, 0.6) is 0 Å². The Morgan fingerprint density at radius 2 is 1.89 bits per heavy atom. The highest BCUT2D eigenvalue weighted by Gasteiger charge is 2.16. The van der Waals surface area contributed by atoms with E-state index in [4.69, 9.17) is 0 Å². The Bertz CT molecular complexity index is 359. The van der Waals surface area contributed by atoms with Gasteiger partial charge in [-0.1, -0.05) is 0 Å². The van der Waals surface area contributed by atoms with Crippen molar-refractivity contribution < 1.29 is 0 Å². The lowest BCUT2D eigenvalue weighted by Crippen LogP contribution is -2.32. The molecule has 2 heterocycles. The minimum absolute atomic E-state index is 0.795. The van der Waals surface area contributed by atoms with E-state index in [1.54, 1.807) is 0 Å². The molecule has 0 radical (unpaired) electrons. The zero-order valence-electron chi connectivity index (χ0n) is 11.4. The fourth-order valence-corrected chi connectivity index (χ4v) is 2.37. The van der Waals surface area contributed by atoms with Gasteiger partial charge in [0.2, 0.25) is 0 Å². The zero-order valence-corrected chi connectivity index (χ0v) is 11.4. The minimum Gasteiger partial charge on any atom is -0.384 e. The van der Waals surface area contributed by atoms with Crippen LogP contribution in [0.1, 0.15) is 19.8 Å². The van der Waals surface area contributed by atoms with Crippen LogP contribution in [0.2, 0.25) is 0 Å². The number of likely N-dealkylation sites (tertiary alicyclic amines) is 1. The van der Waals surface area contributed by atoms with Gasteiger partial charge >= 0.3 is 0 Å². The van der Waals surface area contributed by atoms with Gasteiger partial charge in [0, 0.05) is 13.1 Å². The summed E-state index contributed by atoms with van der Waals surface area (Å²) in [6, 6.07) is 2.13. The van der Waals surface area contributed by atoms with Gasteiger partial charge in [-0.15, -0.1) is 0 Å². The SMILES string of the molecule is CCNc1cncc(NCC2CCN(C)CC2)c1. The first kappa shape index (κ1) is 13.1. The van der Waals surface area contributed by atoms with Crippen LogP contribution in [0.3, 0.4) is 0 Å². The number of hydrogen-bond donors (Lipinski definition) is 2. The van der Waals surface area contributed by atoms with Crippen molar-refractivity contribution in [2.75, 3.05) is 43.9 Å². The average Bonchev–Trinajstić information content (AvgIpc) is 2.39. The third-order valence-corrected chi connectivity index (χ3v) is 3.55. The third-order valence-electron chi connectivity index (χ3n) is 3.55. The first-order valence-corrected chi connectivity index (χ1v) is 6.89. The second-order valence-corrected chi connectivity index (χ2v) is 5.12. The fourth-order valence-electron chi connectivity index (χ4n) is 2.37. The summed E-state index contributed by atoms with van der Waals surface area (Å²) >= 11 is 0. The lowest BCUT2D eigenvalue weighted by molar-refractivity contribution is 0.226. The molecule has 0 unspecified atom stereocenters. The maximum atomic E-state index is 4.25. The molecule has 1 fully saturated rings. The van der Waals surface area contributed by atoms with E-state index in [0.29, 0.717) is 0 Å². The number of nitrogens with one attached hydrogen (secondary N) is 2. The Labute approximate surface area is 110 Å². The highest BCUT2D eigenvalue weighted by molar-refractivity contribution is 5.53. The van der Waals surface area contributed by atoms with Crippen molar-refractivity contribution in [3.05, 3.63) is 18.5 Å². The predicted molar refractivity (Wildman–Crippen MR) is 77.1 cm³/mol. The van der Waals surface area contributed by atoms with Crippen molar-refractivity contribution in [2.45, 2.75) is 19.8 Å². The molecule has 100 valence electrons. The summed E-state index contributed by atoms with van der Waals surface area (Å²) in [6.45, 7) is 6.54. The van der Waals surface area contributed by atoms with Crippen LogP contribution < -0.4 is 10.6 Å². The summed E-state index contributed by atoms with van der Waals surface area (Å²) in [5.41, 5.74) is 2.21. The van der Waals surface area contributed by atoms with E-state index in [2.05, 4.69) is 40.6 Å². The molecule has 2 rings (SSSR count). The molecule has 4 heteroatoms. The Hall–Kier alpha value is -1.29. The van der Waals surface area contributed by atoms with Gasteiger partial charge in [0.1, 0.15) is 0 Å². The number of pyridine rings is 1. The molecule has 18 heavy (non-hydrogen) atoms. The van der Waals surface area contributed by atoms with Crippen molar-refractivity contribution in [3.8, 4) is 0 Å². The standard InChI is InChI=1S/C14H24N4/c1-3-16-13-8-14(11-15-10-13)17-9-12-4-6-18(2)7-5-12/h8,10-12,16-17H,3-7,9H2,1-2H3. The van der Waals surface area contributed by atoms with Crippen molar-refractivity contribution in [1.82, 2.24) is 9.88 Å². The van der Waals surface area contributed by atoms with Gasteiger partial charge < -0.3 is 15.5 Å². The van der Waals surface area contributed by atoms with Gasteiger partial charge in [-0.25, -0.2) is 0 Å². The lowest BCUT2D eigenvalue weighted by atomic mass is 9.97. The molecular weight excluding hydrogens is 224 g/mol. The minimum atomic E-state index is 0.795. The number of aromatic nitrogens is 1. The fraction of sp³-hybridized carbons (Fsp3) is 0.643. The van der Waals surface area contributed by atoms with Crippen molar-refractivity contribution in [1.29, 1.82) is 0 Å². The maximum absolute atomic E-state index is 4.25. The van der Waals surface area contributed by atoms with E-state index >= 15 is 0 Å². The van der Waals surface area contributed by atoms with Gasteiger partial charge in [0.25, 0.3) is 0 Å². The van der Waals surface area contributed by atoms with Gasteiger partial charge in [0.15, 0.2) is 0 Å². The molecule has 1 aliphatic heterocycles. The predicted octanol–water partition coefficient (Wildman–Crippen LogP) is 2.27. The third kappa shape index (κ3) is 3.88. The summed E-state index contributed by atoms with van der Waals surface area (Å²) in [5.74, 6) is 0.795. The van der Waals surface area contributed by atoms with Crippen molar-refractivity contribution in [2.24, 2.45) is 5.92 Å². The highest BCUT2D eigenvalue weighted by atomic mass is 15.1.